The number of piperidine rings is 1. The van der Waals surface area contributed by atoms with Gasteiger partial charge in [0.1, 0.15) is 11.5 Å². The molecule has 5 heteroatoms. The van der Waals surface area contributed by atoms with E-state index >= 15 is 0 Å². The maximum absolute atomic E-state index is 12.6. The second-order valence-corrected chi connectivity index (χ2v) is 7.86. The zero-order valence-electron chi connectivity index (χ0n) is 14.2. The number of likely N-dealkylation sites (tertiary alicyclic amines) is 1. The molecule has 2 aliphatic rings. The van der Waals surface area contributed by atoms with Crippen molar-refractivity contribution in [1.82, 2.24) is 4.90 Å². The maximum atomic E-state index is 12.6. The van der Waals surface area contributed by atoms with Crippen molar-refractivity contribution in [2.45, 2.75) is 26.3 Å². The average Bonchev–Trinajstić information content (AvgIpc) is 3.20. The van der Waals surface area contributed by atoms with Gasteiger partial charge in [0, 0.05) is 24.0 Å². The highest BCUT2D eigenvalue weighted by atomic mass is 32.1. The summed E-state index contributed by atoms with van der Waals surface area (Å²) in [5.74, 6) is 1.59. The molecule has 0 spiro atoms. The summed E-state index contributed by atoms with van der Waals surface area (Å²) in [6.45, 7) is 4.89. The normalized spacial score (nSPS) is 22.2. The van der Waals surface area contributed by atoms with Crippen molar-refractivity contribution >= 4 is 23.2 Å². The Hall–Kier alpha value is -2.11. The first-order valence-corrected chi connectivity index (χ1v) is 9.54. The molecule has 1 saturated heterocycles. The number of fused-ring (bicyclic) bond motifs is 1. The van der Waals surface area contributed by atoms with Crippen LogP contribution in [0.4, 0.5) is 0 Å². The fourth-order valence-corrected chi connectivity index (χ4v) is 4.25. The molecule has 0 bridgehead atoms. The van der Waals surface area contributed by atoms with Gasteiger partial charge in [0.2, 0.25) is 5.78 Å². The van der Waals surface area contributed by atoms with Gasteiger partial charge in [-0.2, -0.15) is 0 Å². The molecule has 0 radical (unpaired) electrons. The van der Waals surface area contributed by atoms with E-state index in [4.69, 9.17) is 4.74 Å². The lowest BCUT2D eigenvalue weighted by Crippen LogP contribution is -2.33. The smallest absolute Gasteiger partial charge is 0.232 e. The Morgan fingerprint density at radius 2 is 2.28 bits per heavy atom. The van der Waals surface area contributed by atoms with Crippen LogP contribution >= 0.6 is 11.3 Å². The Morgan fingerprint density at radius 1 is 1.40 bits per heavy atom. The average molecular weight is 355 g/mol. The minimum atomic E-state index is -0.114. The van der Waals surface area contributed by atoms with Crippen molar-refractivity contribution in [3.63, 3.8) is 0 Å². The third-order valence-corrected chi connectivity index (χ3v) is 5.67. The van der Waals surface area contributed by atoms with Crippen molar-refractivity contribution in [2.24, 2.45) is 5.92 Å². The third kappa shape index (κ3) is 3.22. The van der Waals surface area contributed by atoms with E-state index in [2.05, 4.69) is 11.8 Å². The van der Waals surface area contributed by atoms with Gasteiger partial charge >= 0.3 is 0 Å². The number of phenols is 1. The highest BCUT2D eigenvalue weighted by Gasteiger charge is 2.32. The van der Waals surface area contributed by atoms with Gasteiger partial charge in [0.05, 0.1) is 11.1 Å². The number of carbonyl (C=O) groups excluding carboxylic acids is 1. The van der Waals surface area contributed by atoms with Crippen LogP contribution < -0.4 is 4.74 Å². The first kappa shape index (κ1) is 16.4. The maximum Gasteiger partial charge on any atom is 0.232 e. The van der Waals surface area contributed by atoms with Crippen LogP contribution in [0.3, 0.4) is 0 Å². The lowest BCUT2D eigenvalue weighted by Gasteiger charge is -2.31. The number of ketones is 1. The molecule has 4 rings (SSSR count). The molecule has 1 aromatic heterocycles. The first-order chi connectivity index (χ1) is 12.1. The van der Waals surface area contributed by atoms with Crippen molar-refractivity contribution in [2.75, 3.05) is 13.1 Å². The number of ether oxygens (including phenoxy) is 1. The standard InChI is InChI=1S/C20H21NO3S/c1-13-4-2-8-21(11-13)12-16-17(22)7-6-15-19(23)18(24-20(15)16)10-14-5-3-9-25-14/h3,5-7,9-10,13,22H,2,4,8,11-12H2,1H3/t13-/m0/s1. The van der Waals surface area contributed by atoms with Crippen LogP contribution in [0, 0.1) is 5.92 Å². The predicted molar refractivity (Wildman–Crippen MR) is 99.0 cm³/mol. The molecule has 0 aliphatic carbocycles. The fraction of sp³-hybridized carbons (Fsp3) is 0.350. The lowest BCUT2D eigenvalue weighted by molar-refractivity contribution is 0.101. The lowest BCUT2D eigenvalue weighted by atomic mass is 9.99. The van der Waals surface area contributed by atoms with Gasteiger partial charge in [-0.15, -0.1) is 11.3 Å². The minimum absolute atomic E-state index is 0.114. The van der Waals surface area contributed by atoms with E-state index in [0.29, 0.717) is 29.5 Å². The predicted octanol–water partition coefficient (Wildman–Crippen LogP) is 4.30. The van der Waals surface area contributed by atoms with Crippen LogP contribution in [0.15, 0.2) is 35.4 Å². The van der Waals surface area contributed by atoms with E-state index in [-0.39, 0.29) is 11.5 Å². The van der Waals surface area contributed by atoms with Gasteiger partial charge in [0.25, 0.3) is 0 Å². The molecular formula is C20H21NO3S. The Morgan fingerprint density at radius 3 is 3.04 bits per heavy atom. The van der Waals surface area contributed by atoms with Gasteiger partial charge in [-0.05, 0) is 48.9 Å². The number of allylic oxidation sites excluding steroid dienone is 1. The molecule has 3 heterocycles. The van der Waals surface area contributed by atoms with E-state index in [1.165, 1.54) is 12.8 Å². The second-order valence-electron chi connectivity index (χ2n) is 6.88. The Labute approximate surface area is 151 Å². The number of nitrogens with zero attached hydrogens (tertiary/aromatic N) is 1. The molecule has 1 aromatic carbocycles. The fourth-order valence-electron chi connectivity index (χ4n) is 3.61. The van der Waals surface area contributed by atoms with Gasteiger partial charge in [-0.3, -0.25) is 9.69 Å². The van der Waals surface area contributed by atoms with E-state index < -0.39 is 0 Å². The van der Waals surface area contributed by atoms with Crippen LogP contribution in [0.25, 0.3) is 6.08 Å². The molecule has 0 unspecified atom stereocenters. The van der Waals surface area contributed by atoms with Crippen molar-refractivity contribution in [3.8, 4) is 11.5 Å². The van der Waals surface area contributed by atoms with Crippen LogP contribution in [-0.4, -0.2) is 28.9 Å². The molecule has 0 saturated carbocycles. The third-order valence-electron chi connectivity index (χ3n) is 4.86. The Balaban J connectivity index is 1.64. The monoisotopic (exact) mass is 355 g/mol. The van der Waals surface area contributed by atoms with E-state index in [0.717, 1.165) is 23.5 Å². The van der Waals surface area contributed by atoms with Gasteiger partial charge in [-0.25, -0.2) is 0 Å². The zero-order valence-corrected chi connectivity index (χ0v) is 15.0. The molecule has 1 atom stereocenters. The van der Waals surface area contributed by atoms with E-state index in [1.54, 1.807) is 29.5 Å². The topological polar surface area (TPSA) is 49.8 Å². The summed E-state index contributed by atoms with van der Waals surface area (Å²) in [5, 5.41) is 12.3. The number of hydrogen-bond acceptors (Lipinski definition) is 5. The summed E-state index contributed by atoms with van der Waals surface area (Å²) in [5.41, 5.74) is 1.26. The molecule has 2 aromatic rings. The summed E-state index contributed by atoms with van der Waals surface area (Å²) < 4.78 is 5.90. The van der Waals surface area contributed by atoms with Crippen LogP contribution in [-0.2, 0) is 6.54 Å². The quantitative estimate of drug-likeness (QED) is 0.834. The number of carbonyl (C=O) groups is 1. The molecule has 4 nitrogen and oxygen atoms in total. The zero-order chi connectivity index (χ0) is 17.4. The van der Waals surface area contributed by atoms with Gasteiger partial charge in [0.15, 0.2) is 5.76 Å². The highest BCUT2D eigenvalue weighted by Crippen LogP contribution is 2.40. The number of benzene rings is 1. The first-order valence-electron chi connectivity index (χ1n) is 8.67. The SMILES string of the molecule is C[C@H]1CCCN(Cc2c(O)ccc3c2OC(=Cc2cccs2)C3=O)C1. The largest absolute Gasteiger partial charge is 0.507 e. The van der Waals surface area contributed by atoms with E-state index in [9.17, 15) is 9.90 Å². The number of phenolic OH excluding ortho intramolecular Hbond substituents is 1. The molecule has 1 fully saturated rings. The summed E-state index contributed by atoms with van der Waals surface area (Å²) in [7, 11) is 0. The van der Waals surface area contributed by atoms with Crippen LogP contribution in [0.1, 0.15) is 40.6 Å². The summed E-state index contributed by atoms with van der Waals surface area (Å²) in [6.07, 6.45) is 4.19. The number of hydrogen-bond donors (Lipinski definition) is 1. The molecule has 2 aliphatic heterocycles. The number of thiophene rings is 1. The van der Waals surface area contributed by atoms with Gasteiger partial charge < -0.3 is 9.84 Å². The van der Waals surface area contributed by atoms with Crippen molar-refractivity contribution in [3.05, 3.63) is 51.4 Å². The van der Waals surface area contributed by atoms with Crippen molar-refractivity contribution in [1.29, 1.82) is 0 Å². The summed E-state index contributed by atoms with van der Waals surface area (Å²) >= 11 is 1.56. The number of aromatic hydroxyl groups is 1. The molecule has 130 valence electrons. The highest BCUT2D eigenvalue weighted by molar-refractivity contribution is 7.10. The second kappa shape index (κ2) is 6.65. The molecular weight excluding hydrogens is 334 g/mol. The molecule has 0 amide bonds. The number of rotatable bonds is 3. The van der Waals surface area contributed by atoms with Gasteiger partial charge in [-0.1, -0.05) is 13.0 Å². The Kier molecular flexibility index (Phi) is 4.36. The van der Waals surface area contributed by atoms with Crippen molar-refractivity contribution < 1.29 is 14.6 Å². The van der Waals surface area contributed by atoms with Crippen LogP contribution in [0.5, 0.6) is 11.5 Å². The van der Waals surface area contributed by atoms with Crippen LogP contribution in [0.2, 0.25) is 0 Å². The Bertz CT molecular complexity index is 826. The molecule has 1 N–H and O–H groups in total. The summed E-state index contributed by atoms with van der Waals surface area (Å²) in [6, 6.07) is 7.16. The molecule has 25 heavy (non-hydrogen) atoms. The summed E-state index contributed by atoms with van der Waals surface area (Å²) in [4.78, 5) is 16.0. The van der Waals surface area contributed by atoms with E-state index in [1.807, 2.05) is 17.5 Å². The minimum Gasteiger partial charge on any atom is -0.507 e. The number of Topliss-reactive ketones (excluding diaryl/α,β-unsaturated/α-hetero) is 1.